The lowest BCUT2D eigenvalue weighted by molar-refractivity contribution is 1.48. The first-order valence-electron chi connectivity index (χ1n) is 2.44. The molecule has 1 rings (SSSR count). The van der Waals surface area contributed by atoms with Crippen LogP contribution >= 0.6 is 36.6 Å². The quantitative estimate of drug-likeness (QED) is 0.484. The van der Waals surface area contributed by atoms with Gasteiger partial charge in [-0.2, -0.15) is 0 Å². The van der Waals surface area contributed by atoms with E-state index in [0.29, 0.717) is 10.7 Å². The van der Waals surface area contributed by atoms with Crippen LogP contribution in [-0.4, -0.2) is 0 Å². The van der Waals surface area contributed by atoms with Crippen molar-refractivity contribution in [3.8, 4) is 0 Å². The van der Waals surface area contributed by atoms with Gasteiger partial charge in [-0.3, -0.25) is 0 Å². The number of nitrogens with two attached hydrogens (primary N) is 1. The van der Waals surface area contributed by atoms with Crippen LogP contribution in [0, 0.1) is 0 Å². The van der Waals surface area contributed by atoms with Crippen LogP contribution in [0.1, 0.15) is 0 Å². The van der Waals surface area contributed by atoms with E-state index in [0.717, 1.165) is 4.90 Å². The first-order chi connectivity index (χ1) is 4.20. The normalized spacial score (nSPS) is 8.60. The van der Waals surface area contributed by atoms with E-state index in [-0.39, 0.29) is 12.4 Å². The van der Waals surface area contributed by atoms with Gasteiger partial charge in [0.05, 0.1) is 0 Å². The molecule has 0 aliphatic rings. The number of benzene rings is 1. The largest absolute Gasteiger partial charge is 0.398 e. The van der Waals surface area contributed by atoms with Gasteiger partial charge in [0.2, 0.25) is 0 Å². The number of anilines is 1. The van der Waals surface area contributed by atoms with Crippen LogP contribution in [0.2, 0.25) is 5.02 Å². The molecule has 0 aromatic heterocycles. The zero-order chi connectivity index (χ0) is 6.85. The number of rotatable bonds is 0. The van der Waals surface area contributed by atoms with E-state index in [9.17, 15) is 0 Å². The highest BCUT2D eigenvalue weighted by atomic mass is 35.5. The molecular formula is C6H7Cl2NS. The molecule has 0 saturated heterocycles. The molecule has 0 saturated carbocycles. The molecule has 0 spiro atoms. The molecule has 0 bridgehead atoms. The maximum Gasteiger partial charge on any atom is 0.0464 e. The first kappa shape index (κ1) is 9.95. The van der Waals surface area contributed by atoms with Crippen LogP contribution in [-0.2, 0) is 0 Å². The summed E-state index contributed by atoms with van der Waals surface area (Å²) in [4.78, 5) is 0.763. The standard InChI is InChI=1S/C6H6ClNS.ClH/c7-4-1-2-6(9)5(8)3-4;/h1-3,9H,8H2;1H. The summed E-state index contributed by atoms with van der Waals surface area (Å²) in [7, 11) is 0. The molecule has 0 heterocycles. The average Bonchev–Trinajstić information content (AvgIpc) is 1.80. The molecule has 1 aromatic rings. The van der Waals surface area contributed by atoms with E-state index in [2.05, 4.69) is 12.6 Å². The summed E-state index contributed by atoms with van der Waals surface area (Å²) < 4.78 is 0. The molecule has 0 radical (unpaired) electrons. The molecule has 10 heavy (non-hydrogen) atoms. The second-order valence-electron chi connectivity index (χ2n) is 1.70. The third-order valence-corrected chi connectivity index (χ3v) is 1.63. The van der Waals surface area contributed by atoms with E-state index >= 15 is 0 Å². The Kier molecular flexibility index (Phi) is 3.94. The summed E-state index contributed by atoms with van der Waals surface area (Å²) in [5.41, 5.74) is 6.08. The molecule has 0 unspecified atom stereocenters. The van der Waals surface area contributed by atoms with Gasteiger partial charge in [-0.15, -0.1) is 25.0 Å². The predicted octanol–water partition coefficient (Wildman–Crippen LogP) is 2.63. The number of thiol groups is 1. The third kappa shape index (κ3) is 2.29. The molecule has 2 N–H and O–H groups in total. The monoisotopic (exact) mass is 195 g/mol. The fourth-order valence-corrected chi connectivity index (χ4v) is 0.845. The van der Waals surface area contributed by atoms with Gasteiger partial charge in [0.15, 0.2) is 0 Å². The Labute approximate surface area is 76.4 Å². The van der Waals surface area contributed by atoms with Crippen molar-refractivity contribution in [2.24, 2.45) is 0 Å². The number of nitrogen functional groups attached to an aromatic ring is 1. The molecular weight excluding hydrogens is 189 g/mol. The van der Waals surface area contributed by atoms with Crippen molar-refractivity contribution >= 4 is 42.3 Å². The maximum absolute atomic E-state index is 5.60. The first-order valence-corrected chi connectivity index (χ1v) is 3.26. The molecule has 1 nitrogen and oxygen atoms in total. The minimum atomic E-state index is 0. The van der Waals surface area contributed by atoms with Crippen molar-refractivity contribution in [3.05, 3.63) is 23.2 Å². The second-order valence-corrected chi connectivity index (χ2v) is 2.62. The fourth-order valence-electron chi connectivity index (χ4n) is 0.525. The summed E-state index contributed by atoms with van der Waals surface area (Å²) in [5, 5.41) is 0.644. The lowest BCUT2D eigenvalue weighted by atomic mass is 10.3. The van der Waals surface area contributed by atoms with E-state index in [1.807, 2.05) is 0 Å². The van der Waals surface area contributed by atoms with Gasteiger partial charge in [0.1, 0.15) is 0 Å². The minimum Gasteiger partial charge on any atom is -0.398 e. The van der Waals surface area contributed by atoms with Crippen LogP contribution in [0.5, 0.6) is 0 Å². The lowest BCUT2D eigenvalue weighted by Gasteiger charge is -1.96. The fraction of sp³-hybridized carbons (Fsp3) is 0. The highest BCUT2D eigenvalue weighted by Gasteiger charge is 1.92. The summed E-state index contributed by atoms with van der Waals surface area (Å²) in [6, 6.07) is 5.19. The number of hydrogen-bond acceptors (Lipinski definition) is 2. The van der Waals surface area contributed by atoms with Crippen LogP contribution in [0.25, 0.3) is 0 Å². The van der Waals surface area contributed by atoms with E-state index < -0.39 is 0 Å². The van der Waals surface area contributed by atoms with Crippen LogP contribution < -0.4 is 5.73 Å². The van der Waals surface area contributed by atoms with Crippen molar-refractivity contribution in [3.63, 3.8) is 0 Å². The Morgan fingerprint density at radius 2 is 2.00 bits per heavy atom. The van der Waals surface area contributed by atoms with Crippen LogP contribution in [0.3, 0.4) is 0 Å². The van der Waals surface area contributed by atoms with Gasteiger partial charge in [-0.1, -0.05) is 11.6 Å². The van der Waals surface area contributed by atoms with Crippen LogP contribution in [0.4, 0.5) is 5.69 Å². The summed E-state index contributed by atoms with van der Waals surface area (Å²) in [5.74, 6) is 0. The van der Waals surface area contributed by atoms with E-state index in [1.165, 1.54) is 0 Å². The molecule has 4 heteroatoms. The summed E-state index contributed by atoms with van der Waals surface area (Å²) >= 11 is 9.66. The maximum atomic E-state index is 5.60. The topological polar surface area (TPSA) is 26.0 Å². The van der Waals surface area contributed by atoms with Gasteiger partial charge >= 0.3 is 0 Å². The summed E-state index contributed by atoms with van der Waals surface area (Å²) in [6.07, 6.45) is 0. The van der Waals surface area contributed by atoms with Gasteiger partial charge in [0, 0.05) is 15.6 Å². The number of halogens is 2. The molecule has 0 aliphatic carbocycles. The minimum absolute atomic E-state index is 0. The Morgan fingerprint density at radius 1 is 1.40 bits per heavy atom. The second kappa shape index (κ2) is 3.96. The number of hydrogen-bond donors (Lipinski definition) is 2. The van der Waals surface area contributed by atoms with Gasteiger partial charge in [-0.05, 0) is 18.2 Å². The molecule has 0 amide bonds. The Balaban J connectivity index is 0.000000810. The summed E-state index contributed by atoms with van der Waals surface area (Å²) in [6.45, 7) is 0. The predicted molar refractivity (Wildman–Crippen MR) is 50.4 cm³/mol. The Bertz CT molecular complexity index is 227. The highest BCUT2D eigenvalue weighted by Crippen LogP contribution is 2.20. The van der Waals surface area contributed by atoms with Gasteiger partial charge < -0.3 is 5.73 Å². The average molecular weight is 196 g/mol. The Hall–Kier alpha value is -0.0500. The van der Waals surface area contributed by atoms with E-state index in [4.69, 9.17) is 17.3 Å². The lowest BCUT2D eigenvalue weighted by Crippen LogP contribution is -1.84. The van der Waals surface area contributed by atoms with Crippen LogP contribution in [0.15, 0.2) is 23.1 Å². The molecule has 0 atom stereocenters. The third-order valence-electron chi connectivity index (χ3n) is 0.990. The van der Waals surface area contributed by atoms with Gasteiger partial charge in [-0.25, -0.2) is 0 Å². The molecule has 56 valence electrons. The zero-order valence-corrected chi connectivity index (χ0v) is 7.51. The van der Waals surface area contributed by atoms with Crippen molar-refractivity contribution in [2.75, 3.05) is 5.73 Å². The molecule has 1 aromatic carbocycles. The van der Waals surface area contributed by atoms with Crippen molar-refractivity contribution < 1.29 is 0 Å². The van der Waals surface area contributed by atoms with E-state index in [1.54, 1.807) is 18.2 Å². The Morgan fingerprint density at radius 3 is 2.40 bits per heavy atom. The molecule has 0 aliphatic heterocycles. The molecule has 0 fully saturated rings. The zero-order valence-electron chi connectivity index (χ0n) is 5.04. The smallest absolute Gasteiger partial charge is 0.0464 e. The van der Waals surface area contributed by atoms with Gasteiger partial charge in [0.25, 0.3) is 0 Å². The van der Waals surface area contributed by atoms with Crippen molar-refractivity contribution in [1.82, 2.24) is 0 Å². The van der Waals surface area contributed by atoms with Crippen molar-refractivity contribution in [1.29, 1.82) is 0 Å². The SMILES string of the molecule is Cl.Nc1cc(Cl)ccc1S. The van der Waals surface area contributed by atoms with Crippen molar-refractivity contribution in [2.45, 2.75) is 4.90 Å². The highest BCUT2D eigenvalue weighted by molar-refractivity contribution is 7.80.